The fraction of sp³-hybridized carbons (Fsp3) is 0.346. The van der Waals surface area contributed by atoms with Crippen molar-refractivity contribution in [1.29, 1.82) is 5.26 Å². The van der Waals surface area contributed by atoms with Crippen LogP contribution in [0.3, 0.4) is 0 Å². The highest BCUT2D eigenvalue weighted by atomic mass is 35.5. The lowest BCUT2D eigenvalue weighted by Crippen LogP contribution is -2.35. The molecule has 3 aromatic rings. The molecule has 0 radical (unpaired) electrons. The number of likely N-dealkylation sites (N-methyl/N-ethyl adjacent to an activating group) is 1. The van der Waals surface area contributed by atoms with Gasteiger partial charge in [-0.2, -0.15) is 5.26 Å². The maximum absolute atomic E-state index is 11.8. The molecule has 9 nitrogen and oxygen atoms in total. The molecular formula is C26H30ClN5O4. The summed E-state index contributed by atoms with van der Waals surface area (Å²) in [6, 6.07) is 11.7. The zero-order chi connectivity index (χ0) is 26.1. The predicted molar refractivity (Wildman–Crippen MR) is 140 cm³/mol. The van der Waals surface area contributed by atoms with Gasteiger partial charge in [-0.05, 0) is 44.3 Å². The van der Waals surface area contributed by atoms with Crippen LogP contribution in [0.5, 0.6) is 17.2 Å². The lowest BCUT2D eigenvalue weighted by atomic mass is 10.1. The zero-order valence-corrected chi connectivity index (χ0v) is 21.3. The monoisotopic (exact) mass is 511 g/mol. The standard InChI is InChI=1S/C26H30ClN5O4/c1-4-29-26(34)31-22-8-7-19(12-21(22)27)36-24-9-10-30-23-13-25(17(14-28)11-20(23)24)35-16-18(33)15-32(5-2)6-3/h7-13,18,33H,4-6,15-16H2,1-3H3,(H2,29,31,34)/t18-/m0/s1. The number of ether oxygens (including phenoxy) is 2. The van der Waals surface area contributed by atoms with Gasteiger partial charge < -0.3 is 30.1 Å². The fourth-order valence-corrected chi connectivity index (χ4v) is 3.80. The number of anilines is 1. The highest BCUT2D eigenvalue weighted by Crippen LogP contribution is 2.35. The van der Waals surface area contributed by atoms with E-state index in [9.17, 15) is 15.2 Å². The van der Waals surface area contributed by atoms with Crippen LogP contribution in [0.4, 0.5) is 10.5 Å². The van der Waals surface area contributed by atoms with E-state index in [2.05, 4.69) is 26.6 Å². The average molecular weight is 512 g/mol. The van der Waals surface area contributed by atoms with Crippen molar-refractivity contribution in [2.45, 2.75) is 26.9 Å². The molecule has 1 atom stereocenters. The third-order valence-corrected chi connectivity index (χ3v) is 5.78. The zero-order valence-electron chi connectivity index (χ0n) is 20.5. The van der Waals surface area contributed by atoms with Gasteiger partial charge in [0.25, 0.3) is 0 Å². The summed E-state index contributed by atoms with van der Waals surface area (Å²) in [6.45, 7) is 8.59. The van der Waals surface area contributed by atoms with Crippen LogP contribution in [0.1, 0.15) is 26.3 Å². The quantitative estimate of drug-likeness (QED) is 0.339. The number of nitriles is 1. The number of pyridine rings is 1. The van der Waals surface area contributed by atoms with Crippen molar-refractivity contribution in [3.05, 3.63) is 53.2 Å². The molecule has 3 rings (SSSR count). The van der Waals surface area contributed by atoms with Crippen LogP contribution in [-0.4, -0.2) is 59.9 Å². The second kappa shape index (κ2) is 12.9. The summed E-state index contributed by atoms with van der Waals surface area (Å²) in [5, 5.41) is 26.3. The number of nitrogens with one attached hydrogen (secondary N) is 2. The largest absolute Gasteiger partial charge is 0.489 e. The number of hydrogen-bond acceptors (Lipinski definition) is 7. The van der Waals surface area contributed by atoms with E-state index in [1.165, 1.54) is 0 Å². The van der Waals surface area contributed by atoms with Crippen LogP contribution >= 0.6 is 11.6 Å². The normalized spacial score (nSPS) is 11.7. The minimum atomic E-state index is -0.690. The molecule has 2 aromatic carbocycles. The van der Waals surface area contributed by atoms with E-state index >= 15 is 0 Å². The van der Waals surface area contributed by atoms with Gasteiger partial charge in [0.2, 0.25) is 0 Å². The Bertz CT molecular complexity index is 1240. The first kappa shape index (κ1) is 27.0. The molecule has 3 N–H and O–H groups in total. The summed E-state index contributed by atoms with van der Waals surface area (Å²) in [7, 11) is 0. The summed E-state index contributed by atoms with van der Waals surface area (Å²) < 4.78 is 11.8. The number of aliphatic hydroxyl groups excluding tert-OH is 1. The molecule has 0 aliphatic carbocycles. The predicted octanol–water partition coefficient (Wildman–Crippen LogP) is 4.78. The van der Waals surface area contributed by atoms with E-state index < -0.39 is 6.10 Å². The summed E-state index contributed by atoms with van der Waals surface area (Å²) in [4.78, 5) is 18.2. The Morgan fingerprint density at radius 1 is 1.19 bits per heavy atom. The van der Waals surface area contributed by atoms with Gasteiger partial charge in [-0.15, -0.1) is 0 Å². The second-order valence-corrected chi connectivity index (χ2v) is 8.37. The van der Waals surface area contributed by atoms with E-state index in [0.717, 1.165) is 13.1 Å². The number of hydrogen-bond donors (Lipinski definition) is 3. The molecule has 0 spiro atoms. The van der Waals surface area contributed by atoms with Gasteiger partial charge >= 0.3 is 6.03 Å². The smallest absolute Gasteiger partial charge is 0.319 e. The molecule has 1 heterocycles. The SMILES string of the molecule is CCNC(=O)Nc1ccc(Oc2ccnc3cc(OC[C@@H](O)CN(CC)CC)c(C#N)cc23)cc1Cl. The van der Waals surface area contributed by atoms with Gasteiger partial charge in [0.05, 0.1) is 21.8 Å². The second-order valence-electron chi connectivity index (χ2n) is 7.97. The number of carbonyl (C=O) groups excluding carboxylic acids is 1. The molecule has 36 heavy (non-hydrogen) atoms. The summed E-state index contributed by atoms with van der Waals surface area (Å²) in [5.74, 6) is 1.27. The van der Waals surface area contributed by atoms with Crippen molar-refractivity contribution in [3.8, 4) is 23.3 Å². The van der Waals surface area contributed by atoms with Gasteiger partial charge in [0.1, 0.15) is 36.0 Å². The number of carbonyl (C=O) groups is 1. The van der Waals surface area contributed by atoms with Crippen LogP contribution in [0.25, 0.3) is 10.9 Å². The van der Waals surface area contributed by atoms with Crippen LogP contribution in [0, 0.1) is 11.3 Å². The van der Waals surface area contributed by atoms with Crippen molar-refractivity contribution in [2.24, 2.45) is 0 Å². The van der Waals surface area contributed by atoms with E-state index in [0.29, 0.717) is 57.5 Å². The minimum Gasteiger partial charge on any atom is -0.489 e. The Balaban J connectivity index is 1.80. The topological polar surface area (TPSA) is 120 Å². The maximum Gasteiger partial charge on any atom is 0.319 e. The Morgan fingerprint density at radius 3 is 2.64 bits per heavy atom. The molecule has 0 saturated carbocycles. The lowest BCUT2D eigenvalue weighted by molar-refractivity contribution is 0.0716. The van der Waals surface area contributed by atoms with Crippen molar-refractivity contribution in [1.82, 2.24) is 15.2 Å². The molecule has 10 heteroatoms. The van der Waals surface area contributed by atoms with E-state index in [-0.39, 0.29) is 12.6 Å². The van der Waals surface area contributed by atoms with Crippen LogP contribution in [-0.2, 0) is 0 Å². The third kappa shape index (κ3) is 6.98. The van der Waals surface area contributed by atoms with Gasteiger partial charge in [0.15, 0.2) is 0 Å². The number of fused-ring (bicyclic) bond motifs is 1. The Labute approximate surface area is 215 Å². The maximum atomic E-state index is 11.8. The fourth-order valence-electron chi connectivity index (χ4n) is 3.58. The van der Waals surface area contributed by atoms with Crippen LogP contribution in [0.15, 0.2) is 42.6 Å². The van der Waals surface area contributed by atoms with Crippen LogP contribution < -0.4 is 20.1 Å². The number of aromatic nitrogens is 1. The summed E-state index contributed by atoms with van der Waals surface area (Å²) in [5.41, 5.74) is 1.32. The molecule has 190 valence electrons. The number of rotatable bonds is 11. The van der Waals surface area contributed by atoms with E-state index in [4.69, 9.17) is 21.1 Å². The molecule has 2 amide bonds. The Hall–Kier alpha value is -3.58. The Morgan fingerprint density at radius 2 is 1.97 bits per heavy atom. The van der Waals surface area contributed by atoms with Crippen molar-refractivity contribution in [3.63, 3.8) is 0 Å². The van der Waals surface area contributed by atoms with Gasteiger partial charge in [-0.1, -0.05) is 25.4 Å². The average Bonchev–Trinajstić information content (AvgIpc) is 2.87. The third-order valence-electron chi connectivity index (χ3n) is 5.47. The lowest BCUT2D eigenvalue weighted by Gasteiger charge is -2.22. The number of amides is 2. The molecule has 0 fully saturated rings. The number of nitrogens with zero attached hydrogens (tertiary/aromatic N) is 3. The highest BCUT2D eigenvalue weighted by Gasteiger charge is 2.15. The summed E-state index contributed by atoms with van der Waals surface area (Å²) >= 11 is 6.32. The highest BCUT2D eigenvalue weighted by molar-refractivity contribution is 6.33. The van der Waals surface area contributed by atoms with E-state index in [1.807, 2.05) is 20.8 Å². The summed E-state index contributed by atoms with van der Waals surface area (Å²) in [6.07, 6.45) is 0.903. The molecule has 0 saturated heterocycles. The molecule has 0 aliphatic rings. The van der Waals surface area contributed by atoms with Gasteiger partial charge in [-0.25, -0.2) is 4.79 Å². The van der Waals surface area contributed by atoms with Crippen molar-refractivity contribution < 1.29 is 19.4 Å². The molecule has 0 unspecified atom stereocenters. The number of aliphatic hydroxyl groups is 1. The van der Waals surface area contributed by atoms with Crippen LogP contribution in [0.2, 0.25) is 5.02 Å². The first-order valence-electron chi connectivity index (χ1n) is 11.8. The first-order valence-corrected chi connectivity index (χ1v) is 12.1. The molecule has 0 bridgehead atoms. The van der Waals surface area contributed by atoms with E-state index in [1.54, 1.807) is 42.6 Å². The number of urea groups is 1. The molecular weight excluding hydrogens is 482 g/mol. The number of halogens is 1. The number of benzene rings is 2. The van der Waals surface area contributed by atoms with Crippen molar-refractivity contribution in [2.75, 3.05) is 38.1 Å². The minimum absolute atomic E-state index is 0.0576. The first-order chi connectivity index (χ1) is 17.4. The van der Waals surface area contributed by atoms with Crippen molar-refractivity contribution >= 4 is 34.2 Å². The Kier molecular flexibility index (Phi) is 9.70. The van der Waals surface area contributed by atoms with Gasteiger partial charge in [-0.3, -0.25) is 4.98 Å². The van der Waals surface area contributed by atoms with Gasteiger partial charge in [0, 0.05) is 36.8 Å². The molecule has 0 aliphatic heterocycles. The molecule has 1 aromatic heterocycles.